The second kappa shape index (κ2) is 2.59. The first kappa shape index (κ1) is 6.91. The number of halogens is 1. The maximum Gasteiger partial charge on any atom is 0.170 e. The van der Waals surface area contributed by atoms with Crippen molar-refractivity contribution in [1.29, 1.82) is 0 Å². The Bertz CT molecular complexity index is 290. The Morgan fingerprint density at radius 1 is 1.70 bits per heavy atom. The molecule has 0 amide bonds. The van der Waals surface area contributed by atoms with Crippen molar-refractivity contribution in [2.24, 2.45) is 0 Å². The van der Waals surface area contributed by atoms with Gasteiger partial charge < -0.3 is 5.11 Å². The summed E-state index contributed by atoms with van der Waals surface area (Å²) in [5.41, 5.74) is 0.516. The van der Waals surface area contributed by atoms with Gasteiger partial charge in [0.15, 0.2) is 10.9 Å². The lowest BCUT2D eigenvalue weighted by molar-refractivity contribution is 0.473. The minimum Gasteiger partial charge on any atom is -0.505 e. The van der Waals surface area contributed by atoms with Crippen LogP contribution in [0.2, 0.25) is 5.15 Å². The van der Waals surface area contributed by atoms with Crippen molar-refractivity contribution < 1.29 is 5.11 Å². The van der Waals surface area contributed by atoms with Crippen molar-refractivity contribution in [3.8, 4) is 18.1 Å². The summed E-state index contributed by atoms with van der Waals surface area (Å²) >= 11 is 5.41. The van der Waals surface area contributed by atoms with E-state index in [0.29, 0.717) is 5.56 Å². The molecule has 2 nitrogen and oxygen atoms in total. The lowest BCUT2D eigenvalue weighted by Crippen LogP contribution is -1.78. The molecule has 1 heterocycles. The van der Waals surface area contributed by atoms with E-state index in [1.807, 2.05) is 0 Å². The van der Waals surface area contributed by atoms with Crippen molar-refractivity contribution in [3.05, 3.63) is 23.0 Å². The average Bonchev–Trinajstić information content (AvgIpc) is 1.95. The molecule has 1 N–H and O–H groups in total. The third-order valence-electron chi connectivity index (χ3n) is 0.987. The summed E-state index contributed by atoms with van der Waals surface area (Å²) in [7, 11) is 0. The highest BCUT2D eigenvalue weighted by Crippen LogP contribution is 2.19. The van der Waals surface area contributed by atoms with Crippen LogP contribution in [0.1, 0.15) is 5.56 Å². The van der Waals surface area contributed by atoms with E-state index in [0.717, 1.165) is 0 Å². The lowest BCUT2D eigenvalue weighted by Gasteiger charge is -1.93. The first-order chi connectivity index (χ1) is 4.74. The lowest BCUT2D eigenvalue weighted by atomic mass is 10.3. The predicted octanol–water partition coefficient (Wildman–Crippen LogP) is 1.42. The van der Waals surface area contributed by atoms with E-state index in [-0.39, 0.29) is 10.9 Å². The van der Waals surface area contributed by atoms with Crippen molar-refractivity contribution in [2.45, 2.75) is 0 Å². The number of hydrogen-bond donors (Lipinski definition) is 1. The monoisotopic (exact) mass is 153 g/mol. The van der Waals surface area contributed by atoms with Gasteiger partial charge in [0.05, 0.1) is 0 Å². The highest BCUT2D eigenvalue weighted by Gasteiger charge is 1.97. The van der Waals surface area contributed by atoms with Gasteiger partial charge in [0, 0.05) is 17.8 Å². The third-order valence-corrected chi connectivity index (χ3v) is 1.28. The summed E-state index contributed by atoms with van der Waals surface area (Å²) in [6.45, 7) is 0. The Hall–Kier alpha value is -1.20. The summed E-state index contributed by atoms with van der Waals surface area (Å²) in [5.74, 6) is 2.23. The molecule has 0 saturated heterocycles. The molecule has 0 aromatic carbocycles. The standard InChI is InChI=1S/C7H4ClNO/c1-2-5-3-6(10)7(8)9-4-5/h1,3-4,10H. The molecule has 1 aromatic heterocycles. The van der Waals surface area contributed by atoms with Gasteiger partial charge in [-0.05, 0) is 0 Å². The number of pyridine rings is 1. The Morgan fingerprint density at radius 2 is 2.40 bits per heavy atom. The molecule has 0 unspecified atom stereocenters. The molecule has 0 aliphatic heterocycles. The average molecular weight is 154 g/mol. The van der Waals surface area contributed by atoms with Crippen LogP contribution in [0.3, 0.4) is 0 Å². The molecule has 0 atom stereocenters. The molecule has 3 heteroatoms. The van der Waals surface area contributed by atoms with E-state index >= 15 is 0 Å². The van der Waals surface area contributed by atoms with Crippen molar-refractivity contribution >= 4 is 11.6 Å². The van der Waals surface area contributed by atoms with Gasteiger partial charge in [0.25, 0.3) is 0 Å². The number of terminal acetylenes is 1. The van der Waals surface area contributed by atoms with Gasteiger partial charge in [-0.15, -0.1) is 6.42 Å². The molecule has 10 heavy (non-hydrogen) atoms. The summed E-state index contributed by atoms with van der Waals surface area (Å²) in [5, 5.41) is 9.01. The summed E-state index contributed by atoms with van der Waals surface area (Å²) in [6.07, 6.45) is 6.44. The molecule has 0 fully saturated rings. The molecule has 0 aliphatic rings. The first-order valence-electron chi connectivity index (χ1n) is 2.55. The molecular weight excluding hydrogens is 150 g/mol. The zero-order valence-corrected chi connectivity index (χ0v) is 5.76. The van der Waals surface area contributed by atoms with Crippen molar-refractivity contribution in [1.82, 2.24) is 4.98 Å². The molecular formula is C7H4ClNO. The zero-order valence-electron chi connectivity index (χ0n) is 5.00. The number of aromatic nitrogens is 1. The quantitative estimate of drug-likeness (QED) is 0.452. The van der Waals surface area contributed by atoms with Gasteiger partial charge in [-0.25, -0.2) is 4.98 Å². The molecule has 50 valence electrons. The predicted molar refractivity (Wildman–Crippen MR) is 38.8 cm³/mol. The summed E-state index contributed by atoms with van der Waals surface area (Å²) in [4.78, 5) is 3.62. The minimum absolute atomic E-state index is 0.0685. The largest absolute Gasteiger partial charge is 0.505 e. The van der Waals surface area contributed by atoms with E-state index in [9.17, 15) is 0 Å². The van der Waals surface area contributed by atoms with Crippen molar-refractivity contribution in [2.75, 3.05) is 0 Å². The van der Waals surface area contributed by atoms with Gasteiger partial charge in [-0.1, -0.05) is 17.5 Å². The van der Waals surface area contributed by atoms with Gasteiger partial charge in [-0.2, -0.15) is 0 Å². The van der Waals surface area contributed by atoms with Crippen molar-refractivity contribution in [3.63, 3.8) is 0 Å². The Labute approximate surface area is 63.5 Å². The summed E-state index contributed by atoms with van der Waals surface area (Å²) in [6, 6.07) is 1.38. The maximum atomic E-state index is 8.94. The first-order valence-corrected chi connectivity index (χ1v) is 2.93. The van der Waals surface area contributed by atoms with Crippen LogP contribution in [-0.2, 0) is 0 Å². The van der Waals surface area contributed by atoms with E-state index in [1.54, 1.807) is 0 Å². The van der Waals surface area contributed by atoms with Crippen LogP contribution in [0.5, 0.6) is 5.75 Å². The van der Waals surface area contributed by atoms with E-state index in [2.05, 4.69) is 10.9 Å². The number of rotatable bonds is 0. The second-order valence-corrected chi connectivity index (χ2v) is 2.04. The Morgan fingerprint density at radius 3 is 2.90 bits per heavy atom. The molecule has 0 spiro atoms. The zero-order chi connectivity index (χ0) is 7.56. The number of aromatic hydroxyl groups is 1. The SMILES string of the molecule is C#Cc1cnc(Cl)c(O)c1. The van der Waals surface area contributed by atoms with Crippen LogP contribution < -0.4 is 0 Å². The fourth-order valence-corrected chi connectivity index (χ4v) is 0.619. The highest BCUT2D eigenvalue weighted by molar-refractivity contribution is 6.30. The highest BCUT2D eigenvalue weighted by atomic mass is 35.5. The van der Waals surface area contributed by atoms with Gasteiger partial charge >= 0.3 is 0 Å². The third kappa shape index (κ3) is 1.20. The van der Waals surface area contributed by atoms with E-state index in [4.69, 9.17) is 23.1 Å². The Balaban J connectivity index is 3.20. The fourth-order valence-electron chi connectivity index (χ4n) is 0.515. The second-order valence-electron chi connectivity index (χ2n) is 1.68. The van der Waals surface area contributed by atoms with Crippen LogP contribution in [-0.4, -0.2) is 10.1 Å². The Kier molecular flexibility index (Phi) is 1.79. The van der Waals surface area contributed by atoms with Crippen LogP contribution >= 0.6 is 11.6 Å². The molecule has 0 saturated carbocycles. The van der Waals surface area contributed by atoms with Crippen LogP contribution in [0.25, 0.3) is 0 Å². The van der Waals surface area contributed by atoms with Crippen LogP contribution in [0.4, 0.5) is 0 Å². The van der Waals surface area contributed by atoms with Crippen LogP contribution in [0, 0.1) is 12.3 Å². The fraction of sp³-hybridized carbons (Fsp3) is 0. The van der Waals surface area contributed by atoms with Gasteiger partial charge in [0.2, 0.25) is 0 Å². The van der Waals surface area contributed by atoms with Gasteiger partial charge in [-0.3, -0.25) is 0 Å². The molecule has 0 bridgehead atoms. The van der Waals surface area contributed by atoms with E-state index in [1.165, 1.54) is 12.3 Å². The molecule has 1 aromatic rings. The normalized spacial score (nSPS) is 8.80. The van der Waals surface area contributed by atoms with Gasteiger partial charge in [0.1, 0.15) is 0 Å². The van der Waals surface area contributed by atoms with Crippen LogP contribution in [0.15, 0.2) is 12.3 Å². The van der Waals surface area contributed by atoms with E-state index < -0.39 is 0 Å². The summed E-state index contributed by atoms with van der Waals surface area (Å²) < 4.78 is 0. The number of hydrogen-bond acceptors (Lipinski definition) is 2. The number of nitrogens with zero attached hydrogens (tertiary/aromatic N) is 1. The molecule has 0 radical (unpaired) electrons. The topological polar surface area (TPSA) is 33.1 Å². The molecule has 1 rings (SSSR count). The smallest absolute Gasteiger partial charge is 0.170 e. The maximum absolute atomic E-state index is 8.94. The molecule has 0 aliphatic carbocycles. The minimum atomic E-state index is -0.0860.